The fraction of sp³-hybridized carbons (Fsp3) is 0.400. The number of hydrogen-bond acceptors (Lipinski definition) is 5. The van der Waals surface area contributed by atoms with Gasteiger partial charge in [0.05, 0.1) is 11.2 Å². The maximum absolute atomic E-state index is 12.3. The third-order valence-corrected chi connectivity index (χ3v) is 4.32. The van der Waals surface area contributed by atoms with E-state index in [-0.39, 0.29) is 5.91 Å². The summed E-state index contributed by atoms with van der Waals surface area (Å²) >= 11 is 0. The molecule has 1 amide bonds. The second kappa shape index (κ2) is 5.47. The van der Waals surface area contributed by atoms with E-state index in [4.69, 9.17) is 9.31 Å². The fourth-order valence-electron chi connectivity index (χ4n) is 2.25. The molecule has 0 aliphatic carbocycles. The van der Waals surface area contributed by atoms with Crippen LogP contribution < -0.4 is 10.8 Å². The summed E-state index contributed by atoms with van der Waals surface area (Å²) in [5.41, 5.74) is 0.452. The van der Waals surface area contributed by atoms with E-state index in [1.807, 2.05) is 33.8 Å². The van der Waals surface area contributed by atoms with Gasteiger partial charge >= 0.3 is 7.12 Å². The molecule has 7 nitrogen and oxygen atoms in total. The van der Waals surface area contributed by atoms with E-state index in [9.17, 15) is 4.79 Å². The van der Waals surface area contributed by atoms with Crippen molar-refractivity contribution in [1.29, 1.82) is 0 Å². The number of anilines is 1. The standard InChI is InChI=1S/C15H19BN4O3/c1-14(2)15(3,4)23-16(22-14)11-7-5-6-10(8-11)12(21)19-13-17-9-18-20-13/h5-9H,1-4H3,(H2,17,18,19,20,21). The summed E-state index contributed by atoms with van der Waals surface area (Å²) in [6.07, 6.45) is 1.33. The molecule has 0 atom stereocenters. The third kappa shape index (κ3) is 3.00. The molecule has 0 bridgehead atoms. The van der Waals surface area contributed by atoms with Crippen LogP contribution in [0.2, 0.25) is 0 Å². The molecule has 23 heavy (non-hydrogen) atoms. The quantitative estimate of drug-likeness (QED) is 0.835. The average molecular weight is 314 g/mol. The maximum Gasteiger partial charge on any atom is 0.494 e. The Morgan fingerprint density at radius 3 is 2.52 bits per heavy atom. The molecule has 1 fully saturated rings. The van der Waals surface area contributed by atoms with Crippen LogP contribution in [0.3, 0.4) is 0 Å². The van der Waals surface area contributed by atoms with Gasteiger partial charge in [-0.25, -0.2) is 5.10 Å². The lowest BCUT2D eigenvalue weighted by Crippen LogP contribution is -2.41. The molecule has 3 rings (SSSR count). The third-order valence-electron chi connectivity index (χ3n) is 4.32. The number of H-pyrrole nitrogens is 1. The SMILES string of the molecule is CC1(C)OB(c2cccc(C(=O)Nc3ncn[nH]3)c2)OC1(C)C. The van der Waals surface area contributed by atoms with Crippen molar-refractivity contribution in [2.24, 2.45) is 0 Å². The highest BCUT2D eigenvalue weighted by atomic mass is 16.7. The van der Waals surface area contributed by atoms with Gasteiger partial charge in [0, 0.05) is 5.56 Å². The van der Waals surface area contributed by atoms with Gasteiger partial charge < -0.3 is 9.31 Å². The Bertz CT molecular complexity index is 699. The van der Waals surface area contributed by atoms with Crippen LogP contribution in [0.4, 0.5) is 5.95 Å². The van der Waals surface area contributed by atoms with Gasteiger partial charge in [-0.05, 0) is 45.3 Å². The lowest BCUT2D eigenvalue weighted by atomic mass is 9.78. The van der Waals surface area contributed by atoms with Crippen molar-refractivity contribution in [1.82, 2.24) is 15.2 Å². The molecule has 1 aliphatic rings. The van der Waals surface area contributed by atoms with Gasteiger partial charge in [0.15, 0.2) is 0 Å². The first kappa shape index (κ1) is 15.7. The molecule has 1 saturated heterocycles. The number of carbonyl (C=O) groups excluding carboxylic acids is 1. The van der Waals surface area contributed by atoms with Crippen LogP contribution in [0, 0.1) is 0 Å². The largest absolute Gasteiger partial charge is 0.494 e. The number of benzene rings is 1. The zero-order chi connectivity index (χ0) is 16.7. The Hall–Kier alpha value is -2.19. The number of nitrogens with zero attached hydrogens (tertiary/aromatic N) is 2. The van der Waals surface area contributed by atoms with Crippen molar-refractivity contribution >= 4 is 24.4 Å². The first-order valence-electron chi connectivity index (χ1n) is 7.41. The predicted octanol–water partition coefficient (Wildman–Crippen LogP) is 1.36. The molecule has 1 aromatic heterocycles. The van der Waals surface area contributed by atoms with E-state index in [1.54, 1.807) is 18.2 Å². The topological polar surface area (TPSA) is 89.1 Å². The minimum absolute atomic E-state index is 0.278. The summed E-state index contributed by atoms with van der Waals surface area (Å²) in [4.78, 5) is 16.1. The van der Waals surface area contributed by atoms with Crippen molar-refractivity contribution in [3.8, 4) is 0 Å². The molecule has 0 radical (unpaired) electrons. The van der Waals surface area contributed by atoms with Crippen molar-refractivity contribution in [2.75, 3.05) is 5.32 Å². The van der Waals surface area contributed by atoms with Crippen molar-refractivity contribution < 1.29 is 14.1 Å². The number of hydrogen-bond donors (Lipinski definition) is 2. The van der Waals surface area contributed by atoms with E-state index < -0.39 is 18.3 Å². The molecule has 120 valence electrons. The number of carbonyl (C=O) groups is 1. The molecule has 2 heterocycles. The Kier molecular flexibility index (Phi) is 3.73. The van der Waals surface area contributed by atoms with Crippen LogP contribution in [0.1, 0.15) is 38.1 Å². The number of amides is 1. The molecule has 0 saturated carbocycles. The van der Waals surface area contributed by atoms with Crippen LogP contribution in [-0.4, -0.2) is 39.4 Å². The molecule has 0 spiro atoms. The smallest absolute Gasteiger partial charge is 0.399 e. The Morgan fingerprint density at radius 1 is 1.22 bits per heavy atom. The number of nitrogens with one attached hydrogen (secondary N) is 2. The number of rotatable bonds is 3. The van der Waals surface area contributed by atoms with Gasteiger partial charge in [0.25, 0.3) is 5.91 Å². The molecule has 1 aliphatic heterocycles. The second-order valence-electron chi connectivity index (χ2n) is 6.50. The van der Waals surface area contributed by atoms with Crippen LogP contribution >= 0.6 is 0 Å². The summed E-state index contributed by atoms with van der Waals surface area (Å²) in [6, 6.07) is 7.16. The first-order chi connectivity index (χ1) is 10.8. The van der Waals surface area contributed by atoms with E-state index >= 15 is 0 Å². The summed E-state index contributed by atoms with van der Waals surface area (Å²) in [5, 5.41) is 8.92. The zero-order valence-corrected chi connectivity index (χ0v) is 13.6. The maximum atomic E-state index is 12.3. The van der Waals surface area contributed by atoms with Crippen molar-refractivity contribution in [2.45, 2.75) is 38.9 Å². The van der Waals surface area contributed by atoms with E-state index in [2.05, 4.69) is 20.5 Å². The predicted molar refractivity (Wildman–Crippen MR) is 86.5 cm³/mol. The highest BCUT2D eigenvalue weighted by Gasteiger charge is 2.51. The van der Waals surface area contributed by atoms with E-state index in [1.165, 1.54) is 6.33 Å². The van der Waals surface area contributed by atoms with Crippen LogP contribution in [0.15, 0.2) is 30.6 Å². The molecule has 2 aromatic rings. The number of aromatic amines is 1. The highest BCUT2D eigenvalue weighted by molar-refractivity contribution is 6.62. The Morgan fingerprint density at radius 2 is 1.91 bits per heavy atom. The fourth-order valence-corrected chi connectivity index (χ4v) is 2.25. The highest BCUT2D eigenvalue weighted by Crippen LogP contribution is 2.36. The lowest BCUT2D eigenvalue weighted by Gasteiger charge is -2.32. The minimum Gasteiger partial charge on any atom is -0.399 e. The Labute approximate surface area is 134 Å². The number of aromatic nitrogens is 3. The molecule has 8 heteroatoms. The second-order valence-corrected chi connectivity index (χ2v) is 6.50. The van der Waals surface area contributed by atoms with Crippen LogP contribution in [0.25, 0.3) is 0 Å². The zero-order valence-electron chi connectivity index (χ0n) is 13.6. The minimum atomic E-state index is -0.502. The molecule has 2 N–H and O–H groups in total. The van der Waals surface area contributed by atoms with Crippen LogP contribution in [0.5, 0.6) is 0 Å². The van der Waals surface area contributed by atoms with Crippen LogP contribution in [-0.2, 0) is 9.31 Å². The summed E-state index contributed by atoms with van der Waals surface area (Å²) in [5.74, 6) is 0.0242. The molecule has 0 unspecified atom stereocenters. The van der Waals surface area contributed by atoms with E-state index in [0.29, 0.717) is 11.5 Å². The molecule has 1 aromatic carbocycles. The van der Waals surface area contributed by atoms with Gasteiger partial charge in [-0.2, -0.15) is 10.1 Å². The van der Waals surface area contributed by atoms with Crippen molar-refractivity contribution in [3.63, 3.8) is 0 Å². The van der Waals surface area contributed by atoms with Crippen molar-refractivity contribution in [3.05, 3.63) is 36.2 Å². The summed E-state index contributed by atoms with van der Waals surface area (Å²) in [7, 11) is -0.502. The first-order valence-corrected chi connectivity index (χ1v) is 7.41. The average Bonchev–Trinajstić information content (AvgIpc) is 3.05. The molecular weight excluding hydrogens is 295 g/mol. The lowest BCUT2D eigenvalue weighted by molar-refractivity contribution is 0.00578. The van der Waals surface area contributed by atoms with E-state index in [0.717, 1.165) is 5.46 Å². The van der Waals surface area contributed by atoms with Gasteiger partial charge in [0.1, 0.15) is 6.33 Å². The monoisotopic (exact) mass is 314 g/mol. The summed E-state index contributed by atoms with van der Waals surface area (Å²) in [6.45, 7) is 7.97. The molecular formula is C15H19BN4O3. The van der Waals surface area contributed by atoms with Gasteiger partial charge in [-0.3, -0.25) is 10.1 Å². The normalized spacial score (nSPS) is 18.9. The summed E-state index contributed by atoms with van der Waals surface area (Å²) < 4.78 is 12.0. The van der Waals surface area contributed by atoms with Gasteiger partial charge in [0.2, 0.25) is 5.95 Å². The van der Waals surface area contributed by atoms with Gasteiger partial charge in [-0.15, -0.1) is 0 Å². The van der Waals surface area contributed by atoms with Gasteiger partial charge in [-0.1, -0.05) is 12.1 Å². The Balaban J connectivity index is 1.79.